The molecule has 0 spiro atoms. The largest absolute Gasteiger partial charge is 0.211 e. The topological polar surface area (TPSA) is 54.5 Å². The third-order valence-electron chi connectivity index (χ3n) is 2.66. The lowest BCUT2D eigenvalue weighted by Gasteiger charge is -2.04. The summed E-state index contributed by atoms with van der Waals surface area (Å²) in [6, 6.07) is 14.8. The quantitative estimate of drug-likeness (QED) is 0.671. The Kier molecular flexibility index (Phi) is 2.47. The van der Waals surface area contributed by atoms with Gasteiger partial charge in [-0.05, 0) is 30.3 Å². The standard InChI is InChI=1S/C13H7ClN4/c14-10-7-9(8-15)5-6-12(10)18-13-4-2-1-3-11(13)16-17-18/h1-7H. The number of fused-ring (bicyclic) bond motifs is 1. The summed E-state index contributed by atoms with van der Waals surface area (Å²) in [7, 11) is 0. The number of hydrogen-bond donors (Lipinski definition) is 0. The van der Waals surface area contributed by atoms with Crippen LogP contribution in [0.3, 0.4) is 0 Å². The monoisotopic (exact) mass is 254 g/mol. The Hall–Kier alpha value is -2.38. The van der Waals surface area contributed by atoms with E-state index >= 15 is 0 Å². The lowest BCUT2D eigenvalue weighted by molar-refractivity contribution is 0.824. The summed E-state index contributed by atoms with van der Waals surface area (Å²) in [6.07, 6.45) is 0. The van der Waals surface area contributed by atoms with Gasteiger partial charge in [0.25, 0.3) is 0 Å². The molecule has 0 aliphatic heterocycles. The molecule has 0 radical (unpaired) electrons. The van der Waals surface area contributed by atoms with Crippen LogP contribution in [0.1, 0.15) is 5.56 Å². The van der Waals surface area contributed by atoms with Gasteiger partial charge in [-0.1, -0.05) is 28.9 Å². The molecule has 5 heteroatoms. The highest BCUT2D eigenvalue weighted by Crippen LogP contribution is 2.24. The highest BCUT2D eigenvalue weighted by Gasteiger charge is 2.09. The van der Waals surface area contributed by atoms with Crippen molar-refractivity contribution in [3.05, 3.63) is 53.1 Å². The van der Waals surface area contributed by atoms with E-state index in [-0.39, 0.29) is 0 Å². The molecule has 3 rings (SSSR count). The van der Waals surface area contributed by atoms with E-state index in [0.29, 0.717) is 16.3 Å². The Labute approximate surface area is 108 Å². The van der Waals surface area contributed by atoms with Gasteiger partial charge in [-0.2, -0.15) is 5.26 Å². The van der Waals surface area contributed by atoms with Gasteiger partial charge in [-0.25, -0.2) is 4.68 Å². The molecular weight excluding hydrogens is 248 g/mol. The summed E-state index contributed by atoms with van der Waals surface area (Å²) in [5.74, 6) is 0. The first-order chi connectivity index (χ1) is 8.79. The first-order valence-corrected chi connectivity index (χ1v) is 5.68. The summed E-state index contributed by atoms with van der Waals surface area (Å²) in [6.45, 7) is 0. The van der Waals surface area contributed by atoms with Gasteiger partial charge in [0.15, 0.2) is 0 Å². The molecule has 0 aliphatic carbocycles. The summed E-state index contributed by atoms with van der Waals surface area (Å²) in [5, 5.41) is 17.4. The second-order valence-electron chi connectivity index (χ2n) is 3.77. The molecule has 0 unspecified atom stereocenters. The second kappa shape index (κ2) is 4.13. The van der Waals surface area contributed by atoms with Crippen LogP contribution in [0, 0.1) is 11.3 Å². The molecule has 1 heterocycles. The zero-order valence-electron chi connectivity index (χ0n) is 9.21. The van der Waals surface area contributed by atoms with Crippen LogP contribution in [0.5, 0.6) is 0 Å². The van der Waals surface area contributed by atoms with Gasteiger partial charge < -0.3 is 0 Å². The van der Waals surface area contributed by atoms with Gasteiger partial charge in [-0.3, -0.25) is 0 Å². The van der Waals surface area contributed by atoms with Crippen molar-refractivity contribution in [2.24, 2.45) is 0 Å². The maximum atomic E-state index is 8.81. The van der Waals surface area contributed by atoms with Gasteiger partial charge in [0.2, 0.25) is 0 Å². The molecule has 0 saturated carbocycles. The Bertz CT molecular complexity index is 770. The Morgan fingerprint density at radius 3 is 2.78 bits per heavy atom. The maximum Gasteiger partial charge on any atom is 0.113 e. The van der Waals surface area contributed by atoms with E-state index in [1.807, 2.05) is 30.3 Å². The van der Waals surface area contributed by atoms with Crippen molar-refractivity contribution >= 4 is 22.6 Å². The van der Waals surface area contributed by atoms with Crippen molar-refractivity contribution in [2.45, 2.75) is 0 Å². The molecule has 0 fully saturated rings. The van der Waals surface area contributed by atoms with E-state index in [4.69, 9.17) is 16.9 Å². The first kappa shape index (κ1) is 10.8. The van der Waals surface area contributed by atoms with Crippen LogP contribution in [-0.4, -0.2) is 15.0 Å². The van der Waals surface area contributed by atoms with Crippen LogP contribution < -0.4 is 0 Å². The molecule has 18 heavy (non-hydrogen) atoms. The molecule has 0 aliphatic rings. The minimum atomic E-state index is 0.477. The number of para-hydroxylation sites is 1. The number of nitrogens with zero attached hydrogens (tertiary/aromatic N) is 4. The van der Waals surface area contributed by atoms with E-state index in [1.54, 1.807) is 22.9 Å². The summed E-state index contributed by atoms with van der Waals surface area (Å²) < 4.78 is 1.67. The highest BCUT2D eigenvalue weighted by atomic mass is 35.5. The zero-order chi connectivity index (χ0) is 12.5. The number of hydrogen-bond acceptors (Lipinski definition) is 3. The molecular formula is C13H7ClN4. The lowest BCUT2D eigenvalue weighted by Crippen LogP contribution is -1.97. The molecule has 3 aromatic rings. The highest BCUT2D eigenvalue weighted by molar-refractivity contribution is 6.32. The number of halogens is 1. The molecule has 2 aromatic carbocycles. The number of rotatable bonds is 1. The van der Waals surface area contributed by atoms with E-state index in [1.165, 1.54) is 0 Å². The van der Waals surface area contributed by atoms with Crippen LogP contribution in [0.15, 0.2) is 42.5 Å². The Morgan fingerprint density at radius 2 is 2.00 bits per heavy atom. The fourth-order valence-corrected chi connectivity index (χ4v) is 2.06. The predicted octanol–water partition coefficient (Wildman–Crippen LogP) is 2.95. The molecule has 1 aromatic heterocycles. The SMILES string of the molecule is N#Cc1ccc(-n2nnc3ccccc32)c(Cl)c1. The van der Waals surface area contributed by atoms with Gasteiger partial charge in [0.1, 0.15) is 5.52 Å². The number of aromatic nitrogens is 3. The minimum absolute atomic E-state index is 0.477. The lowest BCUT2D eigenvalue weighted by atomic mass is 10.2. The van der Waals surface area contributed by atoms with Crippen molar-refractivity contribution in [3.63, 3.8) is 0 Å². The number of nitriles is 1. The van der Waals surface area contributed by atoms with Crippen LogP contribution >= 0.6 is 11.6 Å². The van der Waals surface area contributed by atoms with Crippen molar-refractivity contribution in [1.29, 1.82) is 5.26 Å². The first-order valence-electron chi connectivity index (χ1n) is 5.30. The van der Waals surface area contributed by atoms with Crippen molar-refractivity contribution < 1.29 is 0 Å². The van der Waals surface area contributed by atoms with Crippen LogP contribution in [-0.2, 0) is 0 Å². The van der Waals surface area contributed by atoms with Crippen molar-refractivity contribution in [1.82, 2.24) is 15.0 Å². The number of benzene rings is 2. The van der Waals surface area contributed by atoms with Gasteiger partial charge in [-0.15, -0.1) is 5.10 Å². The molecule has 0 N–H and O–H groups in total. The second-order valence-corrected chi connectivity index (χ2v) is 4.18. The third-order valence-corrected chi connectivity index (χ3v) is 2.96. The smallest absolute Gasteiger partial charge is 0.113 e. The minimum Gasteiger partial charge on any atom is -0.211 e. The Morgan fingerprint density at radius 1 is 1.17 bits per heavy atom. The normalized spacial score (nSPS) is 10.4. The van der Waals surface area contributed by atoms with Crippen molar-refractivity contribution in [2.75, 3.05) is 0 Å². The van der Waals surface area contributed by atoms with E-state index in [2.05, 4.69) is 10.3 Å². The molecule has 86 valence electrons. The van der Waals surface area contributed by atoms with Gasteiger partial charge >= 0.3 is 0 Å². The third kappa shape index (κ3) is 1.62. The van der Waals surface area contributed by atoms with Crippen LogP contribution in [0.25, 0.3) is 16.7 Å². The van der Waals surface area contributed by atoms with E-state index in [0.717, 1.165) is 11.0 Å². The Balaban J connectivity index is 2.24. The summed E-state index contributed by atoms with van der Waals surface area (Å²) in [5.41, 5.74) is 2.92. The maximum absolute atomic E-state index is 8.81. The zero-order valence-corrected chi connectivity index (χ0v) is 9.96. The van der Waals surface area contributed by atoms with Gasteiger partial charge in [0, 0.05) is 0 Å². The molecule has 0 atom stereocenters. The van der Waals surface area contributed by atoms with E-state index < -0.39 is 0 Å². The van der Waals surface area contributed by atoms with Crippen molar-refractivity contribution in [3.8, 4) is 11.8 Å². The molecule has 0 bridgehead atoms. The average molecular weight is 255 g/mol. The van der Waals surface area contributed by atoms with Crippen LogP contribution in [0.2, 0.25) is 5.02 Å². The molecule has 0 saturated heterocycles. The van der Waals surface area contributed by atoms with E-state index in [9.17, 15) is 0 Å². The summed E-state index contributed by atoms with van der Waals surface area (Å²) >= 11 is 6.16. The van der Waals surface area contributed by atoms with Crippen LogP contribution in [0.4, 0.5) is 0 Å². The average Bonchev–Trinajstić information content (AvgIpc) is 2.82. The summed E-state index contributed by atoms with van der Waals surface area (Å²) in [4.78, 5) is 0. The fourth-order valence-electron chi connectivity index (χ4n) is 1.80. The fraction of sp³-hybridized carbons (Fsp3) is 0. The molecule has 0 amide bonds. The predicted molar refractivity (Wildman–Crippen MR) is 68.6 cm³/mol. The van der Waals surface area contributed by atoms with Gasteiger partial charge in [0.05, 0.1) is 27.9 Å². The molecule has 4 nitrogen and oxygen atoms in total.